The average molecular weight is 249 g/mol. The van der Waals surface area contributed by atoms with Crippen LogP contribution in [-0.4, -0.2) is 29.0 Å². The first-order valence-corrected chi connectivity index (χ1v) is 6.86. The number of nitrogens with one attached hydrogen (secondary N) is 1. The van der Waals surface area contributed by atoms with Crippen LogP contribution < -0.4 is 5.32 Å². The van der Waals surface area contributed by atoms with Crippen molar-refractivity contribution in [3.05, 3.63) is 24.5 Å². The molecule has 1 fully saturated rings. The maximum atomic E-state index is 5.85. The Labute approximate surface area is 109 Å². The zero-order valence-electron chi connectivity index (χ0n) is 11.0. The Morgan fingerprint density at radius 1 is 1.44 bits per heavy atom. The minimum Gasteiger partial charge on any atom is -0.377 e. The Balaban J connectivity index is 1.54. The molecule has 0 bridgehead atoms. The van der Waals surface area contributed by atoms with Crippen LogP contribution in [0.1, 0.15) is 37.7 Å². The van der Waals surface area contributed by atoms with E-state index in [0.29, 0.717) is 6.10 Å². The third-order valence-electron chi connectivity index (χ3n) is 3.36. The minimum absolute atomic E-state index is 0.504. The lowest BCUT2D eigenvalue weighted by molar-refractivity contribution is 0.0302. The van der Waals surface area contributed by atoms with Crippen LogP contribution in [0.25, 0.3) is 6.20 Å². The molecule has 100 valence electrons. The first kappa shape index (κ1) is 13.3. The van der Waals surface area contributed by atoms with E-state index in [1.807, 2.05) is 12.4 Å². The van der Waals surface area contributed by atoms with E-state index in [-0.39, 0.29) is 0 Å². The van der Waals surface area contributed by atoms with E-state index < -0.39 is 0 Å². The third-order valence-corrected chi connectivity index (χ3v) is 3.36. The van der Waals surface area contributed by atoms with Gasteiger partial charge in [0, 0.05) is 31.0 Å². The van der Waals surface area contributed by atoms with Gasteiger partial charge in [0.1, 0.15) is 0 Å². The van der Waals surface area contributed by atoms with Crippen molar-refractivity contribution < 1.29 is 4.74 Å². The average Bonchev–Trinajstić information content (AvgIpc) is 2.87. The van der Waals surface area contributed by atoms with E-state index >= 15 is 0 Å². The molecule has 1 heterocycles. The van der Waals surface area contributed by atoms with Gasteiger partial charge in [0.05, 0.1) is 18.9 Å². The van der Waals surface area contributed by atoms with Crippen LogP contribution in [0.15, 0.2) is 19.0 Å². The molecule has 0 aliphatic heterocycles. The molecule has 0 aromatic carbocycles. The van der Waals surface area contributed by atoms with Crippen molar-refractivity contribution in [2.75, 3.05) is 13.2 Å². The Kier molecular flexibility index (Phi) is 5.42. The molecule has 0 saturated heterocycles. The largest absolute Gasteiger partial charge is 0.377 e. The molecule has 0 spiro atoms. The number of hydrogen-bond acceptors (Lipinski definition) is 3. The summed E-state index contributed by atoms with van der Waals surface area (Å²) >= 11 is 0. The number of ether oxygens (including phenoxy) is 1. The van der Waals surface area contributed by atoms with Crippen LogP contribution in [0.3, 0.4) is 0 Å². The van der Waals surface area contributed by atoms with Gasteiger partial charge in [-0.05, 0) is 12.8 Å². The predicted octanol–water partition coefficient (Wildman–Crippen LogP) is 2.42. The highest BCUT2D eigenvalue weighted by Crippen LogP contribution is 2.19. The van der Waals surface area contributed by atoms with Crippen molar-refractivity contribution in [1.82, 2.24) is 15.1 Å². The van der Waals surface area contributed by atoms with Gasteiger partial charge in [0.2, 0.25) is 0 Å². The second kappa shape index (κ2) is 7.34. The molecular formula is C14H23N3O. The molecule has 0 amide bonds. The van der Waals surface area contributed by atoms with Crippen LogP contribution >= 0.6 is 0 Å². The summed E-state index contributed by atoms with van der Waals surface area (Å²) in [7, 11) is 0. The predicted molar refractivity (Wildman–Crippen MR) is 73.1 cm³/mol. The Morgan fingerprint density at radius 2 is 2.28 bits per heavy atom. The van der Waals surface area contributed by atoms with Crippen molar-refractivity contribution in [3.8, 4) is 0 Å². The number of hydrogen-bond donors (Lipinski definition) is 1. The molecule has 1 N–H and O–H groups in total. The van der Waals surface area contributed by atoms with E-state index in [2.05, 4.69) is 17.0 Å². The molecule has 18 heavy (non-hydrogen) atoms. The maximum Gasteiger partial charge on any atom is 0.0594 e. The van der Waals surface area contributed by atoms with Gasteiger partial charge in [-0.15, -0.1) is 0 Å². The summed E-state index contributed by atoms with van der Waals surface area (Å²) in [6.07, 6.45) is 12.6. The number of aromatic nitrogens is 2. The molecular weight excluding hydrogens is 226 g/mol. The van der Waals surface area contributed by atoms with Gasteiger partial charge < -0.3 is 10.1 Å². The van der Waals surface area contributed by atoms with Gasteiger partial charge in [0.15, 0.2) is 0 Å². The molecule has 0 atom stereocenters. The Morgan fingerprint density at radius 3 is 3.00 bits per heavy atom. The molecule has 1 aromatic heterocycles. The maximum absolute atomic E-state index is 5.85. The fourth-order valence-electron chi connectivity index (χ4n) is 2.33. The first-order valence-electron chi connectivity index (χ1n) is 6.86. The van der Waals surface area contributed by atoms with Crippen LogP contribution in [0.4, 0.5) is 0 Å². The molecule has 1 aromatic rings. The third kappa shape index (κ3) is 4.27. The molecule has 0 radical (unpaired) electrons. The fourth-order valence-corrected chi connectivity index (χ4v) is 2.33. The summed E-state index contributed by atoms with van der Waals surface area (Å²) in [4.78, 5) is 0. The van der Waals surface area contributed by atoms with Gasteiger partial charge in [-0.3, -0.25) is 0 Å². The zero-order valence-corrected chi connectivity index (χ0v) is 11.0. The Hall–Kier alpha value is -1.13. The summed E-state index contributed by atoms with van der Waals surface area (Å²) in [6, 6.07) is 0. The Bertz CT molecular complexity index is 356. The zero-order chi connectivity index (χ0) is 12.6. The highest BCUT2D eigenvalue weighted by molar-refractivity contribution is 5.17. The molecule has 4 nitrogen and oxygen atoms in total. The second-order valence-electron chi connectivity index (χ2n) is 4.82. The van der Waals surface area contributed by atoms with Crippen molar-refractivity contribution in [1.29, 1.82) is 0 Å². The number of rotatable bonds is 7. The van der Waals surface area contributed by atoms with Crippen molar-refractivity contribution in [2.24, 2.45) is 0 Å². The van der Waals surface area contributed by atoms with Crippen molar-refractivity contribution in [3.63, 3.8) is 0 Å². The lowest BCUT2D eigenvalue weighted by Crippen LogP contribution is -2.24. The topological polar surface area (TPSA) is 39.1 Å². The molecule has 2 rings (SSSR count). The van der Waals surface area contributed by atoms with Crippen molar-refractivity contribution >= 4 is 6.20 Å². The van der Waals surface area contributed by atoms with Gasteiger partial charge in [-0.1, -0.05) is 25.8 Å². The van der Waals surface area contributed by atoms with E-state index in [0.717, 1.165) is 19.7 Å². The summed E-state index contributed by atoms with van der Waals surface area (Å²) in [5.74, 6) is 0. The van der Waals surface area contributed by atoms with Crippen LogP contribution in [0.2, 0.25) is 0 Å². The van der Waals surface area contributed by atoms with Crippen LogP contribution in [0.5, 0.6) is 0 Å². The quantitative estimate of drug-likeness (QED) is 0.754. The standard InChI is InChI=1S/C14H23N3O/c1-2-17-12-13(11-16-17)10-15-8-9-18-14-6-4-3-5-7-14/h2,11-12,14-15H,1,3-10H2. The molecule has 1 aliphatic rings. The highest BCUT2D eigenvalue weighted by Gasteiger charge is 2.12. The SMILES string of the molecule is C=Cn1cc(CNCCOC2CCCCC2)cn1. The smallest absolute Gasteiger partial charge is 0.0594 e. The monoisotopic (exact) mass is 249 g/mol. The minimum atomic E-state index is 0.504. The summed E-state index contributed by atoms with van der Waals surface area (Å²) < 4.78 is 7.57. The molecule has 0 unspecified atom stereocenters. The fraction of sp³-hybridized carbons (Fsp3) is 0.643. The number of nitrogens with zero attached hydrogens (tertiary/aromatic N) is 2. The normalized spacial score (nSPS) is 16.9. The van der Waals surface area contributed by atoms with Gasteiger partial charge in [-0.2, -0.15) is 5.10 Å². The van der Waals surface area contributed by atoms with Crippen LogP contribution in [0, 0.1) is 0 Å². The molecule has 1 aliphatic carbocycles. The van der Waals surface area contributed by atoms with Gasteiger partial charge in [-0.25, -0.2) is 4.68 Å². The van der Waals surface area contributed by atoms with E-state index in [4.69, 9.17) is 4.74 Å². The van der Waals surface area contributed by atoms with E-state index in [1.165, 1.54) is 37.7 Å². The van der Waals surface area contributed by atoms with Gasteiger partial charge >= 0.3 is 0 Å². The van der Waals surface area contributed by atoms with Gasteiger partial charge in [0.25, 0.3) is 0 Å². The van der Waals surface area contributed by atoms with Crippen molar-refractivity contribution in [2.45, 2.75) is 44.8 Å². The van der Waals surface area contributed by atoms with E-state index in [9.17, 15) is 0 Å². The second-order valence-corrected chi connectivity index (χ2v) is 4.82. The molecule has 1 saturated carbocycles. The van der Waals surface area contributed by atoms with E-state index in [1.54, 1.807) is 10.9 Å². The summed E-state index contributed by atoms with van der Waals surface area (Å²) in [5, 5.41) is 7.50. The summed E-state index contributed by atoms with van der Waals surface area (Å²) in [5.41, 5.74) is 1.17. The lowest BCUT2D eigenvalue weighted by atomic mass is 9.98. The highest BCUT2D eigenvalue weighted by atomic mass is 16.5. The first-order chi connectivity index (χ1) is 8.88. The molecule has 4 heteroatoms. The van der Waals surface area contributed by atoms with Crippen LogP contribution in [-0.2, 0) is 11.3 Å². The lowest BCUT2D eigenvalue weighted by Gasteiger charge is -2.21. The summed E-state index contributed by atoms with van der Waals surface area (Å²) in [6.45, 7) is 6.21.